The third-order valence-electron chi connectivity index (χ3n) is 4.66. The zero-order valence-corrected chi connectivity index (χ0v) is 14.2. The number of hydrogen-bond acceptors (Lipinski definition) is 5. The highest BCUT2D eigenvalue weighted by Crippen LogP contribution is 2.22. The first kappa shape index (κ1) is 16.5. The topological polar surface area (TPSA) is 62.2 Å². The smallest absolute Gasteiger partial charge is 0.229 e. The van der Waals surface area contributed by atoms with Crippen LogP contribution in [-0.4, -0.2) is 56.8 Å². The van der Waals surface area contributed by atoms with Gasteiger partial charge < -0.3 is 4.90 Å². The third kappa shape index (κ3) is 3.76. The van der Waals surface area contributed by atoms with Gasteiger partial charge in [0.15, 0.2) is 0 Å². The Bertz CT molecular complexity index is 664. The molecule has 0 N–H and O–H groups in total. The van der Waals surface area contributed by atoms with Crippen molar-refractivity contribution in [3.05, 3.63) is 54.4 Å². The van der Waals surface area contributed by atoms with E-state index >= 15 is 0 Å². The second kappa shape index (κ2) is 7.49. The zero-order valence-electron chi connectivity index (χ0n) is 14.2. The van der Waals surface area contributed by atoms with E-state index in [1.165, 1.54) is 0 Å². The molecule has 3 heterocycles. The van der Waals surface area contributed by atoms with E-state index in [-0.39, 0.29) is 11.8 Å². The molecule has 126 valence electrons. The summed E-state index contributed by atoms with van der Waals surface area (Å²) in [5, 5.41) is 0. The summed E-state index contributed by atoms with van der Waals surface area (Å²) in [7, 11) is 2.07. The van der Waals surface area contributed by atoms with Gasteiger partial charge in [0.05, 0.1) is 12.5 Å². The maximum absolute atomic E-state index is 12.7. The zero-order chi connectivity index (χ0) is 16.9. The summed E-state index contributed by atoms with van der Waals surface area (Å²) in [6.07, 6.45) is 8.00. The van der Waals surface area contributed by atoms with Gasteiger partial charge in [0, 0.05) is 43.9 Å². The average Bonchev–Trinajstić information content (AvgIpc) is 3.12. The summed E-state index contributed by atoms with van der Waals surface area (Å²) >= 11 is 0. The molecule has 6 heteroatoms. The maximum atomic E-state index is 12.7. The summed E-state index contributed by atoms with van der Waals surface area (Å²) in [6, 6.07) is 6.00. The van der Waals surface area contributed by atoms with Crippen molar-refractivity contribution in [2.24, 2.45) is 0 Å². The standard InChI is InChI=1S/C18H23N5O/c1-14(15-5-3-7-19-11-15)18(24)23-10-6-16(12-23)22(2)13-17-20-8-4-9-21-17/h3-5,7-9,11,14,16H,6,10,12-13H2,1-2H3/t14-,16-/m1/s1. The minimum absolute atomic E-state index is 0.153. The lowest BCUT2D eigenvalue weighted by atomic mass is 10.0. The fourth-order valence-corrected chi connectivity index (χ4v) is 3.11. The van der Waals surface area contributed by atoms with Gasteiger partial charge in [-0.25, -0.2) is 9.97 Å². The molecule has 1 saturated heterocycles. The number of hydrogen-bond donors (Lipinski definition) is 0. The van der Waals surface area contributed by atoms with Gasteiger partial charge >= 0.3 is 0 Å². The van der Waals surface area contributed by atoms with Crippen molar-refractivity contribution < 1.29 is 4.79 Å². The van der Waals surface area contributed by atoms with E-state index in [1.807, 2.05) is 30.0 Å². The quantitative estimate of drug-likeness (QED) is 0.837. The molecule has 2 atom stereocenters. The number of rotatable bonds is 5. The number of carbonyl (C=O) groups is 1. The second-order valence-corrected chi connectivity index (χ2v) is 6.31. The Balaban J connectivity index is 1.57. The summed E-state index contributed by atoms with van der Waals surface area (Å²) in [6.45, 7) is 4.21. The van der Waals surface area contributed by atoms with Crippen LogP contribution in [0, 0.1) is 0 Å². The fourth-order valence-electron chi connectivity index (χ4n) is 3.11. The molecule has 1 aliphatic rings. The van der Waals surface area contributed by atoms with Crippen LogP contribution in [0.5, 0.6) is 0 Å². The molecule has 0 saturated carbocycles. The minimum Gasteiger partial charge on any atom is -0.341 e. The van der Waals surface area contributed by atoms with Gasteiger partial charge in [0.25, 0.3) is 0 Å². The monoisotopic (exact) mass is 325 g/mol. The number of nitrogens with zero attached hydrogens (tertiary/aromatic N) is 5. The van der Waals surface area contributed by atoms with E-state index < -0.39 is 0 Å². The molecule has 0 unspecified atom stereocenters. The number of pyridine rings is 1. The third-order valence-corrected chi connectivity index (χ3v) is 4.66. The average molecular weight is 325 g/mol. The predicted octanol–water partition coefficient (Wildman–Crippen LogP) is 1.71. The molecule has 0 aromatic carbocycles. The van der Waals surface area contributed by atoms with Gasteiger partial charge in [0.1, 0.15) is 5.82 Å². The van der Waals surface area contributed by atoms with E-state index in [4.69, 9.17) is 0 Å². The highest BCUT2D eigenvalue weighted by Gasteiger charge is 2.31. The first-order valence-corrected chi connectivity index (χ1v) is 8.30. The first-order valence-electron chi connectivity index (χ1n) is 8.30. The van der Waals surface area contributed by atoms with E-state index in [2.05, 4.69) is 26.9 Å². The van der Waals surface area contributed by atoms with Gasteiger partial charge in [-0.1, -0.05) is 6.07 Å². The van der Waals surface area contributed by atoms with E-state index in [0.717, 1.165) is 30.9 Å². The molecule has 2 aromatic heterocycles. The number of likely N-dealkylation sites (tertiary alicyclic amines) is 1. The van der Waals surface area contributed by atoms with Gasteiger partial charge in [-0.3, -0.25) is 14.7 Å². The normalized spacial score (nSPS) is 18.8. The Labute approximate surface area is 142 Å². The van der Waals surface area contributed by atoms with Crippen LogP contribution in [0.15, 0.2) is 43.0 Å². The Morgan fingerprint density at radius 3 is 2.83 bits per heavy atom. The SMILES string of the molecule is C[C@@H](C(=O)N1CC[C@@H](N(C)Cc2ncccn2)C1)c1cccnc1. The molecule has 24 heavy (non-hydrogen) atoms. The lowest BCUT2D eigenvalue weighted by molar-refractivity contribution is -0.131. The van der Waals surface area contributed by atoms with Crippen molar-refractivity contribution in [3.63, 3.8) is 0 Å². The number of carbonyl (C=O) groups excluding carboxylic acids is 1. The Kier molecular flexibility index (Phi) is 5.15. The van der Waals surface area contributed by atoms with Crippen LogP contribution in [0.4, 0.5) is 0 Å². The minimum atomic E-state index is -0.153. The van der Waals surface area contributed by atoms with Crippen molar-refractivity contribution in [2.45, 2.75) is 31.8 Å². The highest BCUT2D eigenvalue weighted by atomic mass is 16.2. The van der Waals surface area contributed by atoms with Crippen molar-refractivity contribution in [1.29, 1.82) is 0 Å². The summed E-state index contributed by atoms with van der Waals surface area (Å²) in [4.78, 5) is 29.6. The second-order valence-electron chi connectivity index (χ2n) is 6.31. The molecular formula is C18H23N5O. The van der Waals surface area contributed by atoms with Crippen LogP contribution < -0.4 is 0 Å². The molecule has 0 spiro atoms. The van der Waals surface area contributed by atoms with Crippen molar-refractivity contribution in [3.8, 4) is 0 Å². The van der Waals surface area contributed by atoms with Crippen molar-refractivity contribution >= 4 is 5.91 Å². The van der Waals surface area contributed by atoms with Crippen LogP contribution in [0.25, 0.3) is 0 Å². The maximum Gasteiger partial charge on any atom is 0.229 e. The summed E-state index contributed by atoms with van der Waals surface area (Å²) in [5.41, 5.74) is 0.969. The largest absolute Gasteiger partial charge is 0.341 e. The van der Waals surface area contributed by atoms with Crippen molar-refractivity contribution in [1.82, 2.24) is 24.8 Å². The van der Waals surface area contributed by atoms with Gasteiger partial charge in [0.2, 0.25) is 5.91 Å². The van der Waals surface area contributed by atoms with Crippen LogP contribution >= 0.6 is 0 Å². The lowest BCUT2D eigenvalue weighted by Crippen LogP contribution is -2.37. The van der Waals surface area contributed by atoms with Crippen molar-refractivity contribution in [2.75, 3.05) is 20.1 Å². The molecule has 0 radical (unpaired) electrons. The van der Waals surface area contributed by atoms with E-state index in [1.54, 1.807) is 24.8 Å². The molecule has 0 bridgehead atoms. The number of aromatic nitrogens is 3. The summed E-state index contributed by atoms with van der Waals surface area (Å²) < 4.78 is 0. The molecule has 3 rings (SSSR count). The molecular weight excluding hydrogens is 302 g/mol. The molecule has 1 aliphatic heterocycles. The Morgan fingerprint density at radius 1 is 1.33 bits per heavy atom. The molecule has 6 nitrogen and oxygen atoms in total. The molecule has 0 aliphatic carbocycles. The Hall–Kier alpha value is -2.34. The predicted molar refractivity (Wildman–Crippen MR) is 91.1 cm³/mol. The lowest BCUT2D eigenvalue weighted by Gasteiger charge is -2.25. The first-order chi connectivity index (χ1) is 11.6. The molecule has 1 amide bonds. The van der Waals surface area contributed by atoms with E-state index in [9.17, 15) is 4.79 Å². The fraction of sp³-hybridized carbons (Fsp3) is 0.444. The number of likely N-dealkylation sites (N-methyl/N-ethyl adjacent to an activating group) is 1. The number of amides is 1. The van der Waals surface area contributed by atoms with E-state index in [0.29, 0.717) is 12.6 Å². The van der Waals surface area contributed by atoms with Crippen LogP contribution in [-0.2, 0) is 11.3 Å². The van der Waals surface area contributed by atoms with Gasteiger partial charge in [-0.15, -0.1) is 0 Å². The highest BCUT2D eigenvalue weighted by molar-refractivity contribution is 5.83. The van der Waals surface area contributed by atoms with Crippen LogP contribution in [0.2, 0.25) is 0 Å². The summed E-state index contributed by atoms with van der Waals surface area (Å²) in [5.74, 6) is 0.837. The molecule has 2 aromatic rings. The van der Waals surface area contributed by atoms with Crippen LogP contribution in [0.3, 0.4) is 0 Å². The molecule has 1 fully saturated rings. The van der Waals surface area contributed by atoms with Gasteiger partial charge in [-0.2, -0.15) is 0 Å². The Morgan fingerprint density at radius 2 is 2.12 bits per heavy atom. The van der Waals surface area contributed by atoms with Crippen LogP contribution in [0.1, 0.15) is 30.7 Å². The van der Waals surface area contributed by atoms with Gasteiger partial charge in [-0.05, 0) is 38.1 Å².